The molecule has 0 saturated carbocycles. The predicted octanol–water partition coefficient (Wildman–Crippen LogP) is 2.50. The number of hydrogen-bond donors (Lipinski definition) is 0. The van der Waals surface area contributed by atoms with Gasteiger partial charge in [0.05, 0.1) is 7.11 Å². The Bertz CT molecular complexity index is 381. The second kappa shape index (κ2) is 5.42. The highest BCUT2D eigenvalue weighted by atomic mass is 79.9. The second-order valence-corrected chi connectivity index (χ2v) is 4.50. The first-order valence-corrected chi connectivity index (χ1v) is 5.69. The van der Waals surface area contributed by atoms with Crippen LogP contribution in [-0.2, 0) is 20.7 Å². The average Bonchev–Trinajstić information content (AvgIpc) is 2.22. The van der Waals surface area contributed by atoms with E-state index in [2.05, 4.69) is 36.6 Å². The van der Waals surface area contributed by atoms with Crippen LogP contribution in [0, 0.1) is 0 Å². The number of hydrogen-bond acceptors (Lipinski definition) is 3. The maximum absolute atomic E-state index is 11.3. The monoisotopic (exact) mass is 334 g/mol. The number of ketones is 1. The van der Waals surface area contributed by atoms with Crippen molar-refractivity contribution in [2.75, 3.05) is 7.11 Å². The standard InChI is InChI=1S/C10H8Br2O3/c1-15-10(14)9(13)5-6-7(11)3-2-4-8(6)12/h2-4H,5H2,1H3. The average molecular weight is 336 g/mol. The van der Waals surface area contributed by atoms with Crippen LogP contribution in [0.2, 0.25) is 0 Å². The normalized spacial score (nSPS) is 9.80. The number of rotatable bonds is 3. The van der Waals surface area contributed by atoms with Gasteiger partial charge in [-0.15, -0.1) is 0 Å². The third-order valence-corrected chi connectivity index (χ3v) is 3.30. The number of methoxy groups -OCH3 is 1. The number of carbonyl (C=O) groups is 2. The minimum atomic E-state index is -0.822. The maximum atomic E-state index is 11.3. The molecule has 5 heteroatoms. The Morgan fingerprint density at radius 2 is 1.80 bits per heavy atom. The zero-order valence-corrected chi connectivity index (χ0v) is 11.1. The molecule has 80 valence electrons. The summed E-state index contributed by atoms with van der Waals surface area (Å²) in [6.07, 6.45) is 0.0225. The van der Waals surface area contributed by atoms with Crippen molar-refractivity contribution >= 4 is 43.6 Å². The summed E-state index contributed by atoms with van der Waals surface area (Å²) in [5, 5.41) is 0. The fourth-order valence-corrected chi connectivity index (χ4v) is 2.33. The molecule has 0 radical (unpaired) electrons. The Balaban J connectivity index is 2.90. The van der Waals surface area contributed by atoms with Gasteiger partial charge in [-0.05, 0) is 17.7 Å². The van der Waals surface area contributed by atoms with Crippen molar-refractivity contribution in [1.82, 2.24) is 0 Å². The van der Waals surface area contributed by atoms with Crippen LogP contribution in [0.5, 0.6) is 0 Å². The third kappa shape index (κ3) is 3.14. The molecule has 0 amide bonds. The van der Waals surface area contributed by atoms with Gasteiger partial charge in [-0.3, -0.25) is 4.79 Å². The van der Waals surface area contributed by atoms with Crippen molar-refractivity contribution in [2.24, 2.45) is 0 Å². The van der Waals surface area contributed by atoms with Gasteiger partial charge in [0.25, 0.3) is 0 Å². The van der Waals surface area contributed by atoms with Gasteiger partial charge >= 0.3 is 5.97 Å². The van der Waals surface area contributed by atoms with Crippen molar-refractivity contribution in [2.45, 2.75) is 6.42 Å². The molecule has 0 aliphatic rings. The summed E-state index contributed by atoms with van der Waals surface area (Å²) in [6, 6.07) is 5.45. The molecule has 1 rings (SSSR count). The lowest BCUT2D eigenvalue weighted by atomic mass is 10.1. The predicted molar refractivity (Wildman–Crippen MR) is 62.6 cm³/mol. The first-order chi connectivity index (χ1) is 7.06. The summed E-state index contributed by atoms with van der Waals surface area (Å²) < 4.78 is 5.92. The van der Waals surface area contributed by atoms with E-state index in [1.54, 1.807) is 0 Å². The first-order valence-electron chi connectivity index (χ1n) is 4.10. The minimum Gasteiger partial charge on any atom is -0.463 e. The van der Waals surface area contributed by atoms with Gasteiger partial charge in [-0.25, -0.2) is 4.79 Å². The lowest BCUT2D eigenvalue weighted by Gasteiger charge is -2.05. The third-order valence-electron chi connectivity index (χ3n) is 1.81. The largest absolute Gasteiger partial charge is 0.463 e. The SMILES string of the molecule is COC(=O)C(=O)Cc1c(Br)cccc1Br. The van der Waals surface area contributed by atoms with E-state index >= 15 is 0 Å². The molecule has 0 unspecified atom stereocenters. The van der Waals surface area contributed by atoms with E-state index < -0.39 is 11.8 Å². The van der Waals surface area contributed by atoms with Crippen LogP contribution >= 0.6 is 31.9 Å². The lowest BCUT2D eigenvalue weighted by Crippen LogP contribution is -2.18. The summed E-state index contributed by atoms with van der Waals surface area (Å²) >= 11 is 6.62. The van der Waals surface area contributed by atoms with Gasteiger partial charge in [0.1, 0.15) is 0 Å². The van der Waals surface area contributed by atoms with Gasteiger partial charge < -0.3 is 4.74 Å². The molecule has 0 aliphatic heterocycles. The van der Waals surface area contributed by atoms with Gasteiger partial charge in [-0.1, -0.05) is 37.9 Å². The summed E-state index contributed by atoms with van der Waals surface area (Å²) in [4.78, 5) is 22.3. The highest BCUT2D eigenvalue weighted by molar-refractivity contribution is 9.11. The minimum absolute atomic E-state index is 0.0225. The van der Waals surface area contributed by atoms with Crippen molar-refractivity contribution in [3.8, 4) is 0 Å². The maximum Gasteiger partial charge on any atom is 0.374 e. The number of ether oxygens (including phenoxy) is 1. The van der Waals surface area contributed by atoms with Crippen LogP contribution < -0.4 is 0 Å². The molecule has 0 spiro atoms. The lowest BCUT2D eigenvalue weighted by molar-refractivity contribution is -0.151. The zero-order valence-electron chi connectivity index (χ0n) is 7.92. The topological polar surface area (TPSA) is 43.4 Å². The molecule has 0 aromatic heterocycles. The molecule has 1 aromatic carbocycles. The number of halogens is 2. The summed E-state index contributed by atoms with van der Waals surface area (Å²) in [5.74, 6) is -1.39. The van der Waals surface area contributed by atoms with E-state index in [1.807, 2.05) is 18.2 Å². The van der Waals surface area contributed by atoms with Gasteiger partial charge in [-0.2, -0.15) is 0 Å². The molecule has 0 atom stereocenters. The summed E-state index contributed by atoms with van der Waals surface area (Å²) in [7, 11) is 1.19. The van der Waals surface area contributed by atoms with Crippen molar-refractivity contribution in [3.05, 3.63) is 32.7 Å². The molecule has 1 aromatic rings. The fraction of sp³-hybridized carbons (Fsp3) is 0.200. The zero-order chi connectivity index (χ0) is 11.4. The van der Waals surface area contributed by atoms with Crippen LogP contribution in [0.25, 0.3) is 0 Å². The Morgan fingerprint density at radius 3 is 2.27 bits per heavy atom. The number of benzene rings is 1. The summed E-state index contributed by atoms with van der Waals surface area (Å²) in [6.45, 7) is 0. The smallest absolute Gasteiger partial charge is 0.374 e. The highest BCUT2D eigenvalue weighted by Gasteiger charge is 2.17. The van der Waals surface area contributed by atoms with Gasteiger partial charge in [0.15, 0.2) is 0 Å². The quantitative estimate of drug-likeness (QED) is 0.629. The molecule has 0 saturated heterocycles. The Morgan fingerprint density at radius 1 is 1.27 bits per heavy atom. The van der Waals surface area contributed by atoms with Gasteiger partial charge in [0, 0.05) is 15.4 Å². The molecule has 15 heavy (non-hydrogen) atoms. The molecule has 0 fully saturated rings. The molecular weight excluding hydrogens is 328 g/mol. The molecule has 0 heterocycles. The highest BCUT2D eigenvalue weighted by Crippen LogP contribution is 2.25. The van der Waals surface area contributed by atoms with Crippen LogP contribution in [0.3, 0.4) is 0 Å². The molecule has 0 aliphatic carbocycles. The van der Waals surface area contributed by atoms with E-state index in [0.717, 1.165) is 14.5 Å². The van der Waals surface area contributed by atoms with Gasteiger partial charge in [0.2, 0.25) is 5.78 Å². The Hall–Kier alpha value is -0.680. The molecule has 0 N–H and O–H groups in total. The van der Waals surface area contributed by atoms with Crippen molar-refractivity contribution in [3.63, 3.8) is 0 Å². The first kappa shape index (κ1) is 12.4. The van der Waals surface area contributed by atoms with E-state index in [0.29, 0.717) is 0 Å². The molecule has 0 bridgehead atoms. The van der Waals surface area contributed by atoms with Crippen LogP contribution in [0.1, 0.15) is 5.56 Å². The summed E-state index contributed by atoms with van der Waals surface area (Å²) in [5.41, 5.74) is 0.743. The Kier molecular flexibility index (Phi) is 4.47. The number of esters is 1. The van der Waals surface area contributed by atoms with Crippen molar-refractivity contribution < 1.29 is 14.3 Å². The fourth-order valence-electron chi connectivity index (χ4n) is 1.05. The van der Waals surface area contributed by atoms with Crippen LogP contribution in [0.15, 0.2) is 27.1 Å². The van der Waals surface area contributed by atoms with E-state index in [9.17, 15) is 9.59 Å². The molecule has 3 nitrogen and oxygen atoms in total. The van der Waals surface area contributed by atoms with E-state index in [4.69, 9.17) is 0 Å². The molecular formula is C10H8Br2O3. The number of carbonyl (C=O) groups excluding carboxylic acids is 2. The second-order valence-electron chi connectivity index (χ2n) is 2.79. The van der Waals surface area contributed by atoms with Crippen molar-refractivity contribution in [1.29, 1.82) is 0 Å². The van der Waals surface area contributed by atoms with Crippen LogP contribution in [0.4, 0.5) is 0 Å². The number of Topliss-reactive ketones (excluding diaryl/α,β-unsaturated/α-hetero) is 1. The van der Waals surface area contributed by atoms with E-state index in [-0.39, 0.29) is 6.42 Å². The van der Waals surface area contributed by atoms with Crippen LogP contribution in [-0.4, -0.2) is 18.9 Å². The Labute approximate surface area is 104 Å². The van der Waals surface area contributed by atoms with E-state index in [1.165, 1.54) is 7.11 Å².